The predicted octanol–water partition coefficient (Wildman–Crippen LogP) is 4.64. The average Bonchev–Trinajstić information content (AvgIpc) is 3.45. The molecule has 4 aromatic rings. The zero-order chi connectivity index (χ0) is 25.1. The van der Waals surface area contributed by atoms with Gasteiger partial charge < -0.3 is 15.5 Å². The fourth-order valence-electron chi connectivity index (χ4n) is 4.27. The van der Waals surface area contributed by atoms with Gasteiger partial charge in [0.15, 0.2) is 0 Å². The highest BCUT2D eigenvalue weighted by molar-refractivity contribution is 7.13. The Morgan fingerprint density at radius 3 is 2.61 bits per heavy atom. The van der Waals surface area contributed by atoms with Crippen LogP contribution in [0.25, 0.3) is 10.4 Å². The summed E-state index contributed by atoms with van der Waals surface area (Å²) in [5.74, 6) is -0.188. The number of thiophene rings is 1. The molecule has 0 radical (unpaired) electrons. The van der Waals surface area contributed by atoms with Gasteiger partial charge >= 0.3 is 0 Å². The zero-order valence-electron chi connectivity index (χ0n) is 19.8. The average molecular weight is 520 g/mol. The van der Waals surface area contributed by atoms with Crippen molar-refractivity contribution in [3.63, 3.8) is 0 Å². The molecule has 1 fully saturated rings. The molecule has 184 valence electrons. The Morgan fingerprint density at radius 2 is 1.89 bits per heavy atom. The van der Waals surface area contributed by atoms with Crippen molar-refractivity contribution in [3.05, 3.63) is 98.2 Å². The molecule has 1 saturated heterocycles. The lowest BCUT2D eigenvalue weighted by Gasteiger charge is -2.29. The minimum atomic E-state index is -0.327. The van der Waals surface area contributed by atoms with Crippen molar-refractivity contribution in [2.75, 3.05) is 36.4 Å². The van der Waals surface area contributed by atoms with Gasteiger partial charge in [0.05, 0.1) is 18.4 Å². The van der Waals surface area contributed by atoms with E-state index in [1.165, 1.54) is 4.68 Å². The molecule has 7 nitrogen and oxygen atoms in total. The monoisotopic (exact) mass is 519 g/mol. The van der Waals surface area contributed by atoms with Crippen LogP contribution in [0.15, 0.2) is 71.0 Å². The van der Waals surface area contributed by atoms with Crippen LogP contribution in [0, 0.1) is 6.92 Å². The second kappa shape index (κ2) is 10.7. The number of halogens is 1. The van der Waals surface area contributed by atoms with Gasteiger partial charge in [-0.2, -0.15) is 5.10 Å². The lowest BCUT2D eigenvalue weighted by molar-refractivity contribution is 0.102. The highest BCUT2D eigenvalue weighted by atomic mass is 35.5. The first-order valence-corrected chi connectivity index (χ1v) is 13.0. The van der Waals surface area contributed by atoms with E-state index in [1.54, 1.807) is 17.5 Å². The lowest BCUT2D eigenvalue weighted by atomic mass is 10.1. The molecule has 0 bridgehead atoms. The highest BCUT2D eigenvalue weighted by Gasteiger charge is 2.18. The maximum atomic E-state index is 13.0. The quantitative estimate of drug-likeness (QED) is 0.388. The molecule has 9 heteroatoms. The van der Waals surface area contributed by atoms with Crippen molar-refractivity contribution in [2.45, 2.75) is 13.5 Å². The third kappa shape index (κ3) is 5.06. The Labute approximate surface area is 218 Å². The first-order chi connectivity index (χ1) is 17.5. The van der Waals surface area contributed by atoms with Crippen LogP contribution < -0.4 is 21.1 Å². The van der Waals surface area contributed by atoms with Crippen LogP contribution in [-0.2, 0) is 6.54 Å². The van der Waals surface area contributed by atoms with Crippen molar-refractivity contribution in [1.29, 1.82) is 0 Å². The van der Waals surface area contributed by atoms with Crippen LogP contribution in [0.5, 0.6) is 0 Å². The Kier molecular flexibility index (Phi) is 7.18. The highest BCUT2D eigenvalue weighted by Crippen LogP contribution is 2.26. The minimum absolute atomic E-state index is 0.181. The number of carbonyl (C=O) groups is 1. The number of amides is 1. The summed E-state index contributed by atoms with van der Waals surface area (Å²) in [6.45, 7) is 5.43. The molecule has 2 aromatic heterocycles. The zero-order valence-corrected chi connectivity index (χ0v) is 21.4. The largest absolute Gasteiger partial charge is 0.366 e. The third-order valence-corrected chi connectivity index (χ3v) is 7.67. The molecule has 0 spiro atoms. The van der Waals surface area contributed by atoms with Gasteiger partial charge in [0.1, 0.15) is 5.02 Å². The molecule has 2 aromatic carbocycles. The number of anilines is 2. The lowest BCUT2D eigenvalue weighted by Crippen LogP contribution is -2.44. The molecule has 36 heavy (non-hydrogen) atoms. The van der Waals surface area contributed by atoms with E-state index in [9.17, 15) is 9.59 Å². The number of piperazine rings is 1. The van der Waals surface area contributed by atoms with E-state index in [4.69, 9.17) is 11.6 Å². The number of hydrogen-bond acceptors (Lipinski definition) is 6. The van der Waals surface area contributed by atoms with Crippen LogP contribution >= 0.6 is 22.9 Å². The van der Waals surface area contributed by atoms with Crippen molar-refractivity contribution in [3.8, 4) is 10.4 Å². The van der Waals surface area contributed by atoms with Crippen molar-refractivity contribution >= 4 is 40.2 Å². The van der Waals surface area contributed by atoms with Gasteiger partial charge in [-0.15, -0.1) is 11.3 Å². The Hall–Kier alpha value is -3.46. The van der Waals surface area contributed by atoms with E-state index in [0.717, 1.165) is 47.7 Å². The molecule has 1 aliphatic heterocycles. The van der Waals surface area contributed by atoms with E-state index in [0.29, 0.717) is 16.9 Å². The maximum Gasteiger partial charge on any atom is 0.287 e. The van der Waals surface area contributed by atoms with E-state index in [-0.39, 0.29) is 23.0 Å². The Bertz CT molecular complexity index is 1430. The van der Waals surface area contributed by atoms with Crippen molar-refractivity contribution in [2.24, 2.45) is 0 Å². The fraction of sp³-hybridized carbons (Fsp3) is 0.222. The van der Waals surface area contributed by atoms with Gasteiger partial charge in [0, 0.05) is 42.3 Å². The molecule has 1 amide bonds. The SMILES string of the molecule is Cc1c(Cn2ncc(N3CCNCC3)c(Cl)c2=O)cccc1NC(=O)c1ccc(-c2cccs2)cc1. The van der Waals surface area contributed by atoms with E-state index < -0.39 is 0 Å². The first kappa shape index (κ1) is 24.2. The van der Waals surface area contributed by atoms with Crippen LogP contribution in [0.1, 0.15) is 21.5 Å². The van der Waals surface area contributed by atoms with Crippen LogP contribution in [0.2, 0.25) is 5.02 Å². The van der Waals surface area contributed by atoms with Gasteiger partial charge in [-0.1, -0.05) is 41.9 Å². The van der Waals surface area contributed by atoms with E-state index >= 15 is 0 Å². The number of carbonyl (C=O) groups excluding carboxylic acids is 1. The number of rotatable bonds is 6. The molecular weight excluding hydrogens is 494 g/mol. The van der Waals surface area contributed by atoms with Gasteiger partial charge in [-0.25, -0.2) is 4.68 Å². The molecule has 1 aliphatic rings. The number of nitrogens with one attached hydrogen (secondary N) is 2. The van der Waals surface area contributed by atoms with Gasteiger partial charge in [-0.3, -0.25) is 9.59 Å². The standard InChI is InChI=1S/C27H26ClN5O2S/c1-18-21(17-33-27(35)25(28)23(16-30-33)32-13-11-29-12-14-32)4-2-5-22(18)31-26(34)20-9-7-19(8-10-20)24-6-3-15-36-24/h2-10,15-16,29H,11-14,17H2,1H3,(H,31,34). The van der Waals surface area contributed by atoms with Crippen molar-refractivity contribution < 1.29 is 4.79 Å². The molecule has 0 unspecified atom stereocenters. The summed E-state index contributed by atoms with van der Waals surface area (Å²) in [7, 11) is 0. The molecule has 5 rings (SSSR count). The third-order valence-electron chi connectivity index (χ3n) is 6.39. The van der Waals surface area contributed by atoms with Crippen LogP contribution in [0.3, 0.4) is 0 Å². The van der Waals surface area contributed by atoms with Crippen LogP contribution in [-0.4, -0.2) is 41.9 Å². The van der Waals surface area contributed by atoms with E-state index in [2.05, 4.69) is 26.7 Å². The summed E-state index contributed by atoms with van der Waals surface area (Å²) in [6.07, 6.45) is 1.66. The van der Waals surface area contributed by atoms with Gasteiger partial charge in [0.2, 0.25) is 0 Å². The van der Waals surface area contributed by atoms with Gasteiger partial charge in [0.25, 0.3) is 11.5 Å². The summed E-state index contributed by atoms with van der Waals surface area (Å²) in [5, 5.41) is 12.9. The summed E-state index contributed by atoms with van der Waals surface area (Å²) in [5.41, 5.74) is 4.44. The van der Waals surface area contributed by atoms with Gasteiger partial charge in [-0.05, 0) is 53.3 Å². The molecular formula is C27H26ClN5O2S. The molecule has 0 saturated carbocycles. The summed E-state index contributed by atoms with van der Waals surface area (Å²) >= 11 is 8.12. The first-order valence-electron chi connectivity index (χ1n) is 11.8. The summed E-state index contributed by atoms with van der Waals surface area (Å²) < 4.78 is 1.37. The number of nitrogens with zero attached hydrogens (tertiary/aromatic N) is 3. The normalized spacial score (nSPS) is 13.6. The van der Waals surface area contributed by atoms with Crippen molar-refractivity contribution in [1.82, 2.24) is 15.1 Å². The molecule has 3 heterocycles. The van der Waals surface area contributed by atoms with Crippen LogP contribution in [0.4, 0.5) is 11.4 Å². The number of aromatic nitrogens is 2. The molecule has 2 N–H and O–H groups in total. The number of benzene rings is 2. The maximum absolute atomic E-state index is 13.0. The topological polar surface area (TPSA) is 79.3 Å². The molecule has 0 atom stereocenters. The summed E-state index contributed by atoms with van der Waals surface area (Å²) in [6, 6.07) is 17.3. The Morgan fingerprint density at radius 1 is 1.11 bits per heavy atom. The Balaban J connectivity index is 1.32. The second-order valence-corrected chi connectivity index (χ2v) is 9.97. The summed E-state index contributed by atoms with van der Waals surface area (Å²) in [4.78, 5) is 29.1. The second-order valence-electron chi connectivity index (χ2n) is 8.64. The molecule has 0 aliphatic carbocycles. The van der Waals surface area contributed by atoms with E-state index in [1.807, 2.05) is 60.8 Å². The number of hydrogen-bond donors (Lipinski definition) is 2. The fourth-order valence-corrected chi connectivity index (χ4v) is 5.27. The minimum Gasteiger partial charge on any atom is -0.366 e. The smallest absolute Gasteiger partial charge is 0.287 e. The predicted molar refractivity (Wildman–Crippen MR) is 147 cm³/mol.